The van der Waals surface area contributed by atoms with Gasteiger partial charge >= 0.3 is 0 Å². The molecule has 3 aromatic rings. The highest BCUT2D eigenvalue weighted by atomic mass is 16.3. The van der Waals surface area contributed by atoms with E-state index in [0.29, 0.717) is 17.9 Å². The zero-order valence-corrected chi connectivity index (χ0v) is 14.1. The summed E-state index contributed by atoms with van der Waals surface area (Å²) in [7, 11) is 0. The Bertz CT molecular complexity index is 897. The Balaban J connectivity index is 1.73. The molecule has 124 valence electrons. The van der Waals surface area contributed by atoms with Crippen LogP contribution in [0.4, 0.5) is 5.69 Å². The third-order valence-corrected chi connectivity index (χ3v) is 4.12. The third-order valence-electron chi connectivity index (χ3n) is 4.12. The van der Waals surface area contributed by atoms with Crippen molar-refractivity contribution < 1.29 is 9.90 Å². The number of carbonyl (C=O) groups is 1. The van der Waals surface area contributed by atoms with E-state index < -0.39 is 6.10 Å². The molecule has 0 spiro atoms. The van der Waals surface area contributed by atoms with Gasteiger partial charge < -0.3 is 15.4 Å². The van der Waals surface area contributed by atoms with Gasteiger partial charge in [-0.15, -0.1) is 0 Å². The molecule has 5 nitrogen and oxygen atoms in total. The van der Waals surface area contributed by atoms with Crippen LogP contribution in [-0.4, -0.2) is 21.0 Å². The van der Waals surface area contributed by atoms with Gasteiger partial charge in [0.15, 0.2) is 0 Å². The molecule has 1 atom stereocenters. The van der Waals surface area contributed by atoms with Crippen molar-refractivity contribution in [3.8, 4) is 0 Å². The number of aromatic amines is 1. The number of aliphatic hydroxyl groups excluding tert-OH is 1. The van der Waals surface area contributed by atoms with E-state index in [0.717, 1.165) is 16.6 Å². The fourth-order valence-electron chi connectivity index (χ4n) is 2.61. The lowest BCUT2D eigenvalue weighted by Gasteiger charge is -2.07. The van der Waals surface area contributed by atoms with Crippen LogP contribution in [0.3, 0.4) is 0 Å². The summed E-state index contributed by atoms with van der Waals surface area (Å²) in [6.07, 6.45) is -0.318. The summed E-state index contributed by atoms with van der Waals surface area (Å²) in [5.41, 5.74) is 5.65. The molecule has 3 N–H and O–H groups in total. The normalized spacial score (nSPS) is 12.3. The fourth-order valence-corrected chi connectivity index (χ4v) is 2.61. The predicted octanol–water partition coefficient (Wildman–Crippen LogP) is 3.41. The van der Waals surface area contributed by atoms with Gasteiger partial charge in [0.2, 0.25) is 5.91 Å². The lowest BCUT2D eigenvalue weighted by atomic mass is 10.0. The first-order valence-electron chi connectivity index (χ1n) is 7.96. The van der Waals surface area contributed by atoms with Gasteiger partial charge in [-0.2, -0.15) is 0 Å². The summed E-state index contributed by atoms with van der Waals surface area (Å²) in [6.45, 7) is 5.76. The number of benzene rings is 2. The Morgan fingerprint density at radius 1 is 1.21 bits per heavy atom. The van der Waals surface area contributed by atoms with Crippen LogP contribution in [-0.2, 0) is 11.2 Å². The molecule has 24 heavy (non-hydrogen) atoms. The number of aryl methyl sites for hydroxylation is 2. The van der Waals surface area contributed by atoms with Crippen LogP contribution < -0.4 is 5.32 Å². The minimum absolute atomic E-state index is 0.0622. The maximum atomic E-state index is 12.3. The van der Waals surface area contributed by atoms with Crippen LogP contribution in [0.15, 0.2) is 36.4 Å². The van der Waals surface area contributed by atoms with Crippen molar-refractivity contribution in [3.63, 3.8) is 0 Å². The Morgan fingerprint density at radius 2 is 2.00 bits per heavy atom. The zero-order valence-electron chi connectivity index (χ0n) is 14.1. The van der Waals surface area contributed by atoms with Crippen molar-refractivity contribution in [3.05, 3.63) is 58.9 Å². The van der Waals surface area contributed by atoms with E-state index in [9.17, 15) is 9.90 Å². The fraction of sp³-hybridized carbons (Fsp3) is 0.263. The summed E-state index contributed by atoms with van der Waals surface area (Å²) in [5, 5.41) is 12.5. The number of anilines is 1. The Kier molecular flexibility index (Phi) is 4.36. The molecule has 3 rings (SSSR count). The number of aromatic nitrogens is 2. The molecule has 0 aliphatic carbocycles. The molecule has 0 aliphatic rings. The average molecular weight is 323 g/mol. The predicted molar refractivity (Wildman–Crippen MR) is 95.0 cm³/mol. The van der Waals surface area contributed by atoms with Crippen LogP contribution in [0.1, 0.15) is 35.5 Å². The number of aliphatic hydroxyl groups is 1. The number of amides is 1. The summed E-state index contributed by atoms with van der Waals surface area (Å²) in [6, 6.07) is 11.5. The first-order chi connectivity index (χ1) is 11.4. The molecular formula is C19H21N3O2. The van der Waals surface area contributed by atoms with Gasteiger partial charge in [0.05, 0.1) is 17.5 Å². The second-order valence-electron chi connectivity index (χ2n) is 6.17. The minimum Gasteiger partial charge on any atom is -0.385 e. The van der Waals surface area contributed by atoms with Gasteiger partial charge in [-0.1, -0.05) is 18.2 Å². The van der Waals surface area contributed by atoms with E-state index in [1.807, 2.05) is 43.3 Å². The van der Waals surface area contributed by atoms with Crippen LogP contribution in [0.25, 0.3) is 11.0 Å². The molecule has 0 saturated carbocycles. The monoisotopic (exact) mass is 323 g/mol. The molecular weight excluding hydrogens is 302 g/mol. The number of hydrogen-bond acceptors (Lipinski definition) is 3. The number of carbonyl (C=O) groups excluding carboxylic acids is 1. The van der Waals surface area contributed by atoms with Crippen molar-refractivity contribution in [2.45, 2.75) is 33.3 Å². The van der Waals surface area contributed by atoms with E-state index in [1.54, 1.807) is 6.92 Å². The summed E-state index contributed by atoms with van der Waals surface area (Å²) < 4.78 is 0. The van der Waals surface area contributed by atoms with Crippen LogP contribution in [0.2, 0.25) is 0 Å². The lowest BCUT2D eigenvalue weighted by molar-refractivity contribution is -0.115. The summed E-state index contributed by atoms with van der Waals surface area (Å²) >= 11 is 0. The molecule has 0 aliphatic heterocycles. The topological polar surface area (TPSA) is 78.0 Å². The van der Waals surface area contributed by atoms with Gasteiger partial charge in [0.25, 0.3) is 0 Å². The van der Waals surface area contributed by atoms with Gasteiger partial charge in [-0.25, -0.2) is 4.98 Å². The first kappa shape index (κ1) is 16.2. The van der Waals surface area contributed by atoms with Crippen molar-refractivity contribution in [2.24, 2.45) is 0 Å². The molecule has 0 saturated heterocycles. The molecule has 2 aromatic carbocycles. The zero-order chi connectivity index (χ0) is 17.3. The number of rotatable bonds is 4. The summed E-state index contributed by atoms with van der Waals surface area (Å²) in [5.74, 6) is 0.455. The van der Waals surface area contributed by atoms with Crippen molar-refractivity contribution in [1.82, 2.24) is 9.97 Å². The molecule has 0 bridgehead atoms. The number of nitrogens with one attached hydrogen (secondary N) is 2. The van der Waals surface area contributed by atoms with E-state index >= 15 is 0 Å². The number of nitrogens with zero attached hydrogens (tertiary/aromatic N) is 1. The maximum Gasteiger partial charge on any atom is 0.228 e. The average Bonchev–Trinajstić information content (AvgIpc) is 2.94. The Hall–Kier alpha value is -2.66. The highest BCUT2D eigenvalue weighted by Crippen LogP contribution is 2.20. The van der Waals surface area contributed by atoms with Crippen molar-refractivity contribution >= 4 is 22.6 Å². The quantitative estimate of drug-likeness (QED) is 0.688. The molecule has 1 aromatic heterocycles. The molecule has 1 unspecified atom stereocenters. The number of imidazole rings is 1. The third kappa shape index (κ3) is 3.46. The standard InChI is InChI=1S/C19H21N3O2/c1-11-4-5-14(8-12(11)2)9-18(24)20-15-6-7-16-17(10-15)22-19(21-16)13(3)23/h4-8,10,13,23H,9H2,1-3H3,(H,20,24)(H,21,22). The second-order valence-corrected chi connectivity index (χ2v) is 6.17. The van der Waals surface area contributed by atoms with Gasteiger partial charge in [-0.3, -0.25) is 4.79 Å². The number of H-pyrrole nitrogens is 1. The van der Waals surface area contributed by atoms with Gasteiger partial charge in [-0.05, 0) is 55.7 Å². The van der Waals surface area contributed by atoms with E-state index in [-0.39, 0.29) is 5.91 Å². The van der Waals surface area contributed by atoms with Gasteiger partial charge in [0, 0.05) is 5.69 Å². The van der Waals surface area contributed by atoms with E-state index in [4.69, 9.17) is 0 Å². The molecule has 1 amide bonds. The largest absolute Gasteiger partial charge is 0.385 e. The first-order valence-corrected chi connectivity index (χ1v) is 7.96. The number of hydrogen-bond donors (Lipinski definition) is 3. The van der Waals surface area contributed by atoms with E-state index in [1.165, 1.54) is 11.1 Å². The Morgan fingerprint density at radius 3 is 2.71 bits per heavy atom. The van der Waals surface area contributed by atoms with E-state index in [2.05, 4.69) is 22.2 Å². The van der Waals surface area contributed by atoms with Crippen molar-refractivity contribution in [2.75, 3.05) is 5.32 Å². The number of fused-ring (bicyclic) bond motifs is 1. The lowest BCUT2D eigenvalue weighted by Crippen LogP contribution is -2.14. The highest BCUT2D eigenvalue weighted by Gasteiger charge is 2.10. The molecule has 0 fully saturated rings. The van der Waals surface area contributed by atoms with Crippen LogP contribution >= 0.6 is 0 Å². The van der Waals surface area contributed by atoms with Crippen LogP contribution in [0, 0.1) is 13.8 Å². The van der Waals surface area contributed by atoms with Gasteiger partial charge in [0.1, 0.15) is 11.9 Å². The molecule has 0 radical (unpaired) electrons. The van der Waals surface area contributed by atoms with Crippen molar-refractivity contribution in [1.29, 1.82) is 0 Å². The molecule has 1 heterocycles. The maximum absolute atomic E-state index is 12.3. The SMILES string of the molecule is Cc1ccc(CC(=O)Nc2ccc3nc(C(C)O)[nH]c3c2)cc1C. The van der Waals surface area contributed by atoms with Crippen LogP contribution in [0.5, 0.6) is 0 Å². The molecule has 5 heteroatoms. The highest BCUT2D eigenvalue weighted by molar-refractivity contribution is 5.94. The minimum atomic E-state index is -0.653. The Labute approximate surface area is 140 Å². The summed E-state index contributed by atoms with van der Waals surface area (Å²) in [4.78, 5) is 19.6. The smallest absolute Gasteiger partial charge is 0.228 e. The second kappa shape index (κ2) is 6.45.